The predicted octanol–water partition coefficient (Wildman–Crippen LogP) is 3.27. The number of ether oxygens (including phenoxy) is 2. The number of fused-ring (bicyclic) bond motifs is 1. The van der Waals surface area contributed by atoms with Crippen molar-refractivity contribution in [2.75, 3.05) is 13.2 Å². The highest BCUT2D eigenvalue weighted by Crippen LogP contribution is 2.43. The van der Waals surface area contributed by atoms with E-state index < -0.39 is 10.0 Å². The summed E-state index contributed by atoms with van der Waals surface area (Å²) < 4.78 is 39.6. The Labute approximate surface area is 191 Å². The third-order valence-corrected chi connectivity index (χ3v) is 7.28. The van der Waals surface area contributed by atoms with E-state index in [1.807, 2.05) is 20.8 Å². The molecule has 0 spiro atoms. The van der Waals surface area contributed by atoms with Gasteiger partial charge in [-0.3, -0.25) is 10.2 Å². The van der Waals surface area contributed by atoms with Crippen LogP contribution in [0.25, 0.3) is 0 Å². The molecule has 2 rings (SSSR count). The first-order chi connectivity index (χ1) is 14.8. The number of carbonyl (C=O) groups is 1. The van der Waals surface area contributed by atoms with Crippen molar-refractivity contribution in [2.24, 2.45) is 5.92 Å². The molecule has 1 aliphatic heterocycles. The number of esters is 1. The lowest BCUT2D eigenvalue weighted by molar-refractivity contribution is -0.146. The fourth-order valence-electron chi connectivity index (χ4n) is 3.91. The van der Waals surface area contributed by atoms with Gasteiger partial charge in [-0.2, -0.15) is 0 Å². The average Bonchev–Trinajstić information content (AvgIpc) is 3.03. The smallest absolute Gasteiger partial charge is 0.308 e. The van der Waals surface area contributed by atoms with Crippen LogP contribution >= 0.6 is 0 Å². The molecule has 9 heteroatoms. The van der Waals surface area contributed by atoms with Crippen LogP contribution in [0, 0.1) is 32.1 Å². The summed E-state index contributed by atoms with van der Waals surface area (Å²) in [6.07, 6.45) is 3.37. The zero-order valence-corrected chi connectivity index (χ0v) is 20.7. The molecule has 1 atom stereocenters. The summed E-state index contributed by atoms with van der Waals surface area (Å²) in [6.45, 7) is 15.2. The second-order valence-electron chi connectivity index (χ2n) is 8.92. The molecule has 0 unspecified atom stereocenters. The molecule has 0 amide bonds. The molecule has 0 fully saturated rings. The Morgan fingerprint density at radius 3 is 2.56 bits per heavy atom. The van der Waals surface area contributed by atoms with Crippen molar-refractivity contribution in [1.82, 2.24) is 10.0 Å². The van der Waals surface area contributed by atoms with E-state index in [-0.39, 0.29) is 35.0 Å². The van der Waals surface area contributed by atoms with Crippen LogP contribution in [0.4, 0.5) is 0 Å². The van der Waals surface area contributed by atoms with Crippen LogP contribution in [0.5, 0.6) is 5.75 Å². The van der Waals surface area contributed by atoms with Gasteiger partial charge in [0.25, 0.3) is 10.0 Å². The van der Waals surface area contributed by atoms with Crippen molar-refractivity contribution in [2.45, 2.75) is 71.3 Å². The highest BCUT2D eigenvalue weighted by atomic mass is 32.2. The number of hydrogen-bond acceptors (Lipinski definition) is 6. The second-order valence-corrected chi connectivity index (χ2v) is 10.5. The number of carbonyl (C=O) groups excluding carboxylic acids is 1. The molecule has 178 valence electrons. The van der Waals surface area contributed by atoms with Crippen molar-refractivity contribution < 1.29 is 22.7 Å². The number of guanidine groups is 1. The Bertz CT molecular complexity index is 1020. The number of benzene rings is 1. The molecule has 0 saturated heterocycles. The summed E-state index contributed by atoms with van der Waals surface area (Å²) in [7, 11) is -3.98. The van der Waals surface area contributed by atoms with Gasteiger partial charge in [0, 0.05) is 24.1 Å². The zero-order chi connectivity index (χ0) is 24.3. The first kappa shape index (κ1) is 25.7. The third kappa shape index (κ3) is 5.82. The van der Waals surface area contributed by atoms with E-state index in [2.05, 4.69) is 16.6 Å². The molecule has 1 aromatic rings. The third-order valence-electron chi connectivity index (χ3n) is 5.66. The lowest BCUT2D eigenvalue weighted by Gasteiger charge is -2.20. The minimum atomic E-state index is -3.98. The molecule has 0 radical (unpaired) electrons. The van der Waals surface area contributed by atoms with Crippen LogP contribution < -0.4 is 14.8 Å². The van der Waals surface area contributed by atoms with Gasteiger partial charge in [-0.25, -0.2) is 13.1 Å². The van der Waals surface area contributed by atoms with Crippen LogP contribution in [0.15, 0.2) is 17.6 Å². The number of hydrogen-bond donors (Lipinski definition) is 3. The lowest BCUT2D eigenvalue weighted by Crippen LogP contribution is -2.41. The summed E-state index contributed by atoms with van der Waals surface area (Å²) in [5.41, 5.74) is 2.77. The van der Waals surface area contributed by atoms with Crippen molar-refractivity contribution in [1.29, 1.82) is 5.41 Å². The maximum absolute atomic E-state index is 13.1. The average molecular weight is 466 g/mol. The normalized spacial score (nSPS) is 15.3. The lowest BCUT2D eigenvalue weighted by atomic mass is 9.93. The van der Waals surface area contributed by atoms with Crippen LogP contribution in [-0.2, 0) is 26.0 Å². The van der Waals surface area contributed by atoms with Crippen LogP contribution in [0.2, 0.25) is 0 Å². The maximum atomic E-state index is 13.1. The first-order valence-electron chi connectivity index (χ1n) is 10.7. The molecule has 0 aromatic heterocycles. The molecule has 1 heterocycles. The van der Waals surface area contributed by atoms with E-state index in [1.54, 1.807) is 20.8 Å². The van der Waals surface area contributed by atoms with Crippen molar-refractivity contribution in [3.8, 4) is 5.75 Å². The monoisotopic (exact) mass is 465 g/mol. The van der Waals surface area contributed by atoms with Gasteiger partial charge in [0.15, 0.2) is 0 Å². The van der Waals surface area contributed by atoms with E-state index in [0.29, 0.717) is 36.3 Å². The molecule has 32 heavy (non-hydrogen) atoms. The van der Waals surface area contributed by atoms with E-state index in [4.69, 9.17) is 14.9 Å². The summed E-state index contributed by atoms with van der Waals surface area (Å²) in [5, 5.41) is 10.8. The van der Waals surface area contributed by atoms with E-state index in [1.165, 1.54) is 6.08 Å². The molecule has 1 aromatic carbocycles. The van der Waals surface area contributed by atoms with Crippen LogP contribution in [0.1, 0.15) is 55.9 Å². The first-order valence-corrected chi connectivity index (χ1v) is 12.2. The zero-order valence-electron chi connectivity index (χ0n) is 19.8. The van der Waals surface area contributed by atoms with E-state index in [0.717, 1.165) is 17.5 Å². The molecule has 0 saturated carbocycles. The summed E-state index contributed by atoms with van der Waals surface area (Å²) in [5.74, 6) is -0.282. The topological polar surface area (TPSA) is 118 Å². The van der Waals surface area contributed by atoms with E-state index >= 15 is 0 Å². The molecule has 0 bridgehead atoms. The summed E-state index contributed by atoms with van der Waals surface area (Å²) in [6, 6.07) is 0. The van der Waals surface area contributed by atoms with Gasteiger partial charge in [0.05, 0.1) is 10.8 Å². The molecule has 0 aliphatic carbocycles. The SMILES string of the molecule is C=CCOC(=O)[C@@H](C)CCCNC(=N)NS(=O)(=O)c1c(C)c(C)c2c(c1C)OC(C)(C)C2. The Hall–Kier alpha value is -2.55. The molecular formula is C23H35N3O5S. The largest absolute Gasteiger partial charge is 0.487 e. The number of sulfonamides is 1. The maximum Gasteiger partial charge on any atom is 0.308 e. The quantitative estimate of drug-likeness (QED) is 0.169. The fraction of sp³-hybridized carbons (Fsp3) is 0.565. The van der Waals surface area contributed by atoms with Gasteiger partial charge < -0.3 is 14.8 Å². The Kier molecular flexibility index (Phi) is 7.98. The molecule has 1 aliphatic rings. The Balaban J connectivity index is 2.02. The summed E-state index contributed by atoms with van der Waals surface area (Å²) in [4.78, 5) is 11.9. The summed E-state index contributed by atoms with van der Waals surface area (Å²) >= 11 is 0. The van der Waals surface area contributed by atoms with Crippen molar-refractivity contribution in [3.05, 3.63) is 34.9 Å². The van der Waals surface area contributed by atoms with Gasteiger partial charge >= 0.3 is 5.97 Å². The van der Waals surface area contributed by atoms with Crippen LogP contribution in [-0.4, -0.2) is 39.1 Å². The second kappa shape index (κ2) is 9.94. The molecule has 3 N–H and O–H groups in total. The Morgan fingerprint density at radius 2 is 1.94 bits per heavy atom. The van der Waals surface area contributed by atoms with Gasteiger partial charge in [-0.1, -0.05) is 19.6 Å². The number of nitrogens with one attached hydrogen (secondary N) is 3. The fourth-order valence-corrected chi connectivity index (χ4v) is 5.41. The van der Waals surface area contributed by atoms with Crippen molar-refractivity contribution >= 4 is 22.0 Å². The molecular weight excluding hydrogens is 430 g/mol. The van der Waals surface area contributed by atoms with Crippen molar-refractivity contribution in [3.63, 3.8) is 0 Å². The highest BCUT2D eigenvalue weighted by Gasteiger charge is 2.36. The standard InChI is InChI=1S/C23H35N3O5S/c1-8-12-30-21(27)14(2)10-9-11-25-22(24)26-32(28,29)20-16(4)15(3)18-13-23(6,7)31-19(18)17(20)5/h8,14H,1,9-13H2,2-7H3,(H3,24,25,26)/t14-/m0/s1. The number of rotatable bonds is 9. The van der Waals surface area contributed by atoms with Crippen LogP contribution in [0.3, 0.4) is 0 Å². The van der Waals surface area contributed by atoms with Gasteiger partial charge in [0.2, 0.25) is 5.96 Å². The van der Waals surface area contributed by atoms with Gasteiger partial charge in [-0.05, 0) is 58.6 Å². The van der Waals surface area contributed by atoms with E-state index in [9.17, 15) is 13.2 Å². The molecule has 8 nitrogen and oxygen atoms in total. The minimum Gasteiger partial charge on any atom is -0.487 e. The minimum absolute atomic E-state index is 0.150. The van der Waals surface area contributed by atoms with Gasteiger partial charge in [0.1, 0.15) is 18.0 Å². The highest BCUT2D eigenvalue weighted by molar-refractivity contribution is 7.90. The Morgan fingerprint density at radius 1 is 1.28 bits per heavy atom. The predicted molar refractivity (Wildman–Crippen MR) is 125 cm³/mol. The van der Waals surface area contributed by atoms with Gasteiger partial charge in [-0.15, -0.1) is 0 Å².